The molecule has 16 heavy (non-hydrogen) atoms. The molecule has 1 atom stereocenters. The van der Waals surface area contributed by atoms with Crippen LogP contribution in [-0.2, 0) is 16.0 Å². The maximum Gasteiger partial charge on any atom is 0.323 e. The second-order valence-corrected chi connectivity index (χ2v) is 4.50. The summed E-state index contributed by atoms with van der Waals surface area (Å²) >= 11 is 2.14. The second kappa shape index (κ2) is 6.05. The maximum atomic E-state index is 11.3. The minimum atomic E-state index is -0.685. The highest BCUT2D eigenvalue weighted by Gasteiger charge is 2.16. The first-order valence-corrected chi connectivity index (χ1v) is 6.02. The van der Waals surface area contributed by atoms with E-state index in [9.17, 15) is 9.90 Å². The number of carbonyl (C=O) groups is 1. The van der Waals surface area contributed by atoms with E-state index in [0.717, 1.165) is 9.13 Å². The van der Waals surface area contributed by atoms with E-state index in [0.29, 0.717) is 13.0 Å². The minimum absolute atomic E-state index is 0.173. The lowest BCUT2D eigenvalue weighted by Crippen LogP contribution is -2.34. The standard InChI is InChI=1S/C11H14INO3/c1-2-16-11(15)10(13)6-7-5-8(14)3-4-9(7)12/h3-5,10,14H,2,6,13H2,1H3. The van der Waals surface area contributed by atoms with Gasteiger partial charge in [-0.25, -0.2) is 0 Å². The summed E-state index contributed by atoms with van der Waals surface area (Å²) in [6.07, 6.45) is 0.367. The van der Waals surface area contributed by atoms with E-state index in [1.807, 2.05) is 0 Å². The summed E-state index contributed by atoms with van der Waals surface area (Å²) in [5.41, 5.74) is 6.54. The van der Waals surface area contributed by atoms with Gasteiger partial charge in [0, 0.05) is 3.57 Å². The molecule has 0 fully saturated rings. The van der Waals surface area contributed by atoms with Crippen LogP contribution in [0.25, 0.3) is 0 Å². The van der Waals surface area contributed by atoms with Crippen molar-refractivity contribution in [3.63, 3.8) is 0 Å². The first-order chi connectivity index (χ1) is 7.54. The fourth-order valence-corrected chi connectivity index (χ4v) is 1.84. The molecule has 0 aliphatic rings. The van der Waals surface area contributed by atoms with Gasteiger partial charge in [-0.1, -0.05) is 0 Å². The molecule has 0 spiro atoms. The van der Waals surface area contributed by atoms with Crippen molar-refractivity contribution in [2.24, 2.45) is 5.73 Å². The maximum absolute atomic E-state index is 11.3. The molecule has 0 radical (unpaired) electrons. The van der Waals surface area contributed by atoms with Gasteiger partial charge >= 0.3 is 5.97 Å². The predicted octanol–water partition coefficient (Wildman–Crippen LogP) is 1.43. The summed E-state index contributed by atoms with van der Waals surface area (Å²) in [6, 6.07) is 4.31. The zero-order valence-corrected chi connectivity index (χ0v) is 11.1. The topological polar surface area (TPSA) is 72.5 Å². The lowest BCUT2D eigenvalue weighted by atomic mass is 10.1. The molecule has 3 N–H and O–H groups in total. The number of rotatable bonds is 4. The first-order valence-electron chi connectivity index (χ1n) is 4.94. The molecule has 1 aromatic carbocycles. The van der Waals surface area contributed by atoms with E-state index in [-0.39, 0.29) is 5.75 Å². The fraction of sp³-hybridized carbons (Fsp3) is 0.364. The van der Waals surface area contributed by atoms with Gasteiger partial charge < -0.3 is 15.6 Å². The van der Waals surface area contributed by atoms with Crippen molar-refractivity contribution >= 4 is 28.6 Å². The highest BCUT2D eigenvalue weighted by atomic mass is 127. The molecule has 4 nitrogen and oxygen atoms in total. The Bertz CT molecular complexity index is 381. The lowest BCUT2D eigenvalue weighted by Gasteiger charge is -2.11. The van der Waals surface area contributed by atoms with Gasteiger partial charge in [0.15, 0.2) is 0 Å². The molecule has 0 aliphatic heterocycles. The third kappa shape index (κ3) is 3.64. The largest absolute Gasteiger partial charge is 0.508 e. The molecule has 0 saturated heterocycles. The zero-order chi connectivity index (χ0) is 12.1. The average Bonchev–Trinajstić information content (AvgIpc) is 2.23. The van der Waals surface area contributed by atoms with Gasteiger partial charge in [-0.3, -0.25) is 4.79 Å². The predicted molar refractivity (Wildman–Crippen MR) is 69.1 cm³/mol. The number of nitrogens with two attached hydrogens (primary N) is 1. The van der Waals surface area contributed by atoms with Crippen molar-refractivity contribution in [2.45, 2.75) is 19.4 Å². The van der Waals surface area contributed by atoms with Crippen molar-refractivity contribution in [1.82, 2.24) is 0 Å². The van der Waals surface area contributed by atoms with Crippen LogP contribution in [0.2, 0.25) is 0 Å². The number of ether oxygens (including phenoxy) is 1. The van der Waals surface area contributed by atoms with Crippen LogP contribution >= 0.6 is 22.6 Å². The van der Waals surface area contributed by atoms with Crippen molar-refractivity contribution in [1.29, 1.82) is 0 Å². The number of carbonyl (C=O) groups excluding carboxylic acids is 1. The van der Waals surface area contributed by atoms with Gasteiger partial charge in [-0.2, -0.15) is 0 Å². The van der Waals surface area contributed by atoms with Crippen LogP contribution in [0.1, 0.15) is 12.5 Å². The average molecular weight is 335 g/mol. The highest BCUT2D eigenvalue weighted by molar-refractivity contribution is 14.1. The molecule has 0 bridgehead atoms. The zero-order valence-electron chi connectivity index (χ0n) is 8.94. The van der Waals surface area contributed by atoms with Crippen molar-refractivity contribution in [3.8, 4) is 5.75 Å². The number of phenols is 1. The molecule has 1 rings (SSSR count). The van der Waals surface area contributed by atoms with Gasteiger partial charge in [0.05, 0.1) is 6.61 Å². The molecule has 88 valence electrons. The molecule has 0 amide bonds. The Morgan fingerprint density at radius 2 is 2.31 bits per heavy atom. The molecule has 0 aromatic heterocycles. The Morgan fingerprint density at radius 3 is 2.94 bits per heavy atom. The van der Waals surface area contributed by atoms with Crippen LogP contribution in [0.4, 0.5) is 0 Å². The Balaban J connectivity index is 2.72. The number of halogens is 1. The van der Waals surface area contributed by atoms with Gasteiger partial charge in [0.1, 0.15) is 11.8 Å². The summed E-state index contributed by atoms with van der Waals surface area (Å²) in [6.45, 7) is 2.06. The Morgan fingerprint density at radius 1 is 1.62 bits per heavy atom. The van der Waals surface area contributed by atoms with E-state index >= 15 is 0 Å². The van der Waals surface area contributed by atoms with E-state index in [2.05, 4.69) is 22.6 Å². The van der Waals surface area contributed by atoms with E-state index in [1.165, 1.54) is 0 Å². The normalized spacial score (nSPS) is 12.2. The van der Waals surface area contributed by atoms with Gasteiger partial charge in [0.25, 0.3) is 0 Å². The molecular formula is C11H14INO3. The lowest BCUT2D eigenvalue weighted by molar-refractivity contribution is -0.144. The van der Waals surface area contributed by atoms with Gasteiger partial charge in [0.2, 0.25) is 0 Å². The van der Waals surface area contributed by atoms with Crippen molar-refractivity contribution in [3.05, 3.63) is 27.3 Å². The third-order valence-electron chi connectivity index (χ3n) is 2.06. The van der Waals surface area contributed by atoms with Crippen LogP contribution in [-0.4, -0.2) is 23.7 Å². The molecule has 0 heterocycles. The second-order valence-electron chi connectivity index (χ2n) is 3.34. The summed E-state index contributed by atoms with van der Waals surface area (Å²) in [7, 11) is 0. The Labute approximate surface area is 108 Å². The molecule has 1 aromatic rings. The van der Waals surface area contributed by atoms with E-state index < -0.39 is 12.0 Å². The van der Waals surface area contributed by atoms with Crippen LogP contribution in [0.5, 0.6) is 5.75 Å². The van der Waals surface area contributed by atoms with Crippen LogP contribution in [0, 0.1) is 3.57 Å². The number of hydrogen-bond acceptors (Lipinski definition) is 4. The summed E-state index contributed by atoms with van der Waals surface area (Å²) in [4.78, 5) is 11.3. The Hall–Kier alpha value is -0.820. The van der Waals surface area contributed by atoms with Gasteiger partial charge in [-0.15, -0.1) is 0 Å². The van der Waals surface area contributed by atoms with E-state index in [4.69, 9.17) is 10.5 Å². The molecule has 0 saturated carbocycles. The molecule has 5 heteroatoms. The van der Waals surface area contributed by atoms with Crippen molar-refractivity contribution in [2.75, 3.05) is 6.61 Å². The number of aromatic hydroxyl groups is 1. The SMILES string of the molecule is CCOC(=O)C(N)Cc1cc(O)ccc1I. The number of benzene rings is 1. The third-order valence-corrected chi connectivity index (χ3v) is 3.11. The van der Waals surface area contributed by atoms with Crippen LogP contribution in [0.15, 0.2) is 18.2 Å². The summed E-state index contributed by atoms with van der Waals surface area (Å²) in [5.74, 6) is -0.242. The minimum Gasteiger partial charge on any atom is -0.508 e. The van der Waals surface area contributed by atoms with Crippen LogP contribution in [0.3, 0.4) is 0 Å². The number of phenolic OH excluding ortho intramolecular Hbond substituents is 1. The number of hydrogen-bond donors (Lipinski definition) is 2. The summed E-state index contributed by atoms with van der Waals surface area (Å²) in [5, 5.41) is 9.33. The quantitative estimate of drug-likeness (QED) is 0.645. The first kappa shape index (κ1) is 13.2. The molecule has 1 unspecified atom stereocenters. The summed E-state index contributed by atoms with van der Waals surface area (Å²) < 4.78 is 5.78. The van der Waals surface area contributed by atoms with Crippen LogP contribution < -0.4 is 5.73 Å². The monoisotopic (exact) mass is 335 g/mol. The highest BCUT2D eigenvalue weighted by Crippen LogP contribution is 2.19. The Kier molecular flexibility index (Phi) is 5.01. The van der Waals surface area contributed by atoms with Crippen molar-refractivity contribution < 1.29 is 14.6 Å². The van der Waals surface area contributed by atoms with E-state index in [1.54, 1.807) is 25.1 Å². The smallest absolute Gasteiger partial charge is 0.323 e. The van der Waals surface area contributed by atoms with Gasteiger partial charge in [-0.05, 0) is 59.7 Å². The molecular weight excluding hydrogens is 321 g/mol. The fourth-order valence-electron chi connectivity index (χ4n) is 1.29. The number of esters is 1. The molecule has 0 aliphatic carbocycles.